The summed E-state index contributed by atoms with van der Waals surface area (Å²) in [6.07, 6.45) is 7.36. The second-order valence-corrected chi connectivity index (χ2v) is 5.41. The van der Waals surface area contributed by atoms with Crippen molar-refractivity contribution in [3.63, 3.8) is 0 Å². The minimum atomic E-state index is -0.0257. The molecule has 0 radical (unpaired) electrons. The standard InChI is InChI=1S/C16H19N5O/c1-3-4-13-9-14(19-18-13)11-20(2)16(22)12-5-6-15-17-7-8-21(15)10-12/h5-10H,3-4,11H2,1-2H3,(H,18,19). The number of carbonyl (C=O) groups is 1. The van der Waals surface area contributed by atoms with Gasteiger partial charge < -0.3 is 9.30 Å². The van der Waals surface area contributed by atoms with E-state index in [9.17, 15) is 4.79 Å². The number of nitrogens with zero attached hydrogens (tertiary/aromatic N) is 4. The number of nitrogens with one attached hydrogen (secondary N) is 1. The molecule has 0 fully saturated rings. The maximum Gasteiger partial charge on any atom is 0.255 e. The minimum Gasteiger partial charge on any atom is -0.336 e. The van der Waals surface area contributed by atoms with Gasteiger partial charge in [-0.05, 0) is 24.6 Å². The molecule has 6 nitrogen and oxygen atoms in total. The Morgan fingerprint density at radius 1 is 1.41 bits per heavy atom. The van der Waals surface area contributed by atoms with Crippen molar-refractivity contribution < 1.29 is 4.79 Å². The summed E-state index contributed by atoms with van der Waals surface area (Å²) in [7, 11) is 1.79. The molecule has 0 saturated carbocycles. The maximum absolute atomic E-state index is 12.5. The summed E-state index contributed by atoms with van der Waals surface area (Å²) in [5.41, 5.74) is 3.46. The lowest BCUT2D eigenvalue weighted by Crippen LogP contribution is -2.26. The molecular formula is C16H19N5O. The number of pyridine rings is 1. The monoisotopic (exact) mass is 297 g/mol. The van der Waals surface area contributed by atoms with Gasteiger partial charge >= 0.3 is 0 Å². The lowest BCUT2D eigenvalue weighted by atomic mass is 10.2. The van der Waals surface area contributed by atoms with Crippen molar-refractivity contribution in [3.8, 4) is 0 Å². The molecule has 0 spiro atoms. The summed E-state index contributed by atoms with van der Waals surface area (Å²) >= 11 is 0. The second-order valence-electron chi connectivity index (χ2n) is 5.41. The highest BCUT2D eigenvalue weighted by molar-refractivity contribution is 5.94. The van der Waals surface area contributed by atoms with Gasteiger partial charge in [-0.2, -0.15) is 5.10 Å². The van der Waals surface area contributed by atoms with E-state index in [1.54, 1.807) is 30.4 Å². The van der Waals surface area contributed by atoms with Crippen molar-refractivity contribution in [1.29, 1.82) is 0 Å². The molecule has 1 amide bonds. The highest BCUT2D eigenvalue weighted by atomic mass is 16.2. The SMILES string of the molecule is CCCc1cc(CN(C)C(=O)c2ccc3nccn3c2)[nH]n1. The van der Waals surface area contributed by atoms with Gasteiger partial charge in [-0.3, -0.25) is 9.89 Å². The van der Waals surface area contributed by atoms with Gasteiger partial charge in [-0.1, -0.05) is 13.3 Å². The fourth-order valence-electron chi connectivity index (χ4n) is 2.47. The fourth-order valence-corrected chi connectivity index (χ4v) is 2.47. The first kappa shape index (κ1) is 14.3. The number of hydrogen-bond donors (Lipinski definition) is 1. The smallest absolute Gasteiger partial charge is 0.255 e. The van der Waals surface area contributed by atoms with Gasteiger partial charge in [0.1, 0.15) is 5.65 Å². The number of rotatable bonds is 5. The van der Waals surface area contributed by atoms with Crippen LogP contribution >= 0.6 is 0 Å². The molecule has 0 aromatic carbocycles. The second kappa shape index (κ2) is 6.01. The van der Waals surface area contributed by atoms with Crippen molar-refractivity contribution >= 4 is 11.6 Å². The number of carbonyl (C=O) groups excluding carboxylic acids is 1. The zero-order chi connectivity index (χ0) is 15.5. The third-order valence-corrected chi connectivity index (χ3v) is 3.58. The van der Waals surface area contributed by atoms with Crippen LogP contribution in [0.4, 0.5) is 0 Å². The number of aromatic nitrogens is 4. The first-order valence-corrected chi connectivity index (χ1v) is 7.38. The van der Waals surface area contributed by atoms with E-state index in [1.807, 2.05) is 22.7 Å². The van der Waals surface area contributed by atoms with E-state index in [-0.39, 0.29) is 5.91 Å². The highest BCUT2D eigenvalue weighted by Gasteiger charge is 2.14. The van der Waals surface area contributed by atoms with E-state index in [0.29, 0.717) is 12.1 Å². The Kier molecular flexibility index (Phi) is 3.91. The van der Waals surface area contributed by atoms with Crippen molar-refractivity contribution in [2.75, 3.05) is 7.05 Å². The Bertz CT molecular complexity index is 789. The molecule has 3 aromatic rings. The number of hydrogen-bond acceptors (Lipinski definition) is 3. The molecule has 0 bridgehead atoms. The van der Waals surface area contributed by atoms with Crippen LogP contribution in [0.3, 0.4) is 0 Å². The van der Waals surface area contributed by atoms with Crippen LogP contribution in [0.15, 0.2) is 36.8 Å². The number of aromatic amines is 1. The normalized spacial score (nSPS) is 11.0. The summed E-state index contributed by atoms with van der Waals surface area (Å²) in [5.74, 6) is -0.0257. The molecule has 3 aromatic heterocycles. The van der Waals surface area contributed by atoms with Crippen LogP contribution in [0.5, 0.6) is 0 Å². The lowest BCUT2D eigenvalue weighted by Gasteiger charge is -2.16. The average molecular weight is 297 g/mol. The van der Waals surface area contributed by atoms with Gasteiger partial charge in [0.15, 0.2) is 0 Å². The number of imidazole rings is 1. The summed E-state index contributed by atoms with van der Waals surface area (Å²) in [5, 5.41) is 7.24. The maximum atomic E-state index is 12.5. The molecule has 0 atom stereocenters. The molecule has 3 rings (SSSR count). The molecule has 1 N–H and O–H groups in total. The summed E-state index contributed by atoms with van der Waals surface area (Å²) in [6.45, 7) is 2.63. The highest BCUT2D eigenvalue weighted by Crippen LogP contribution is 2.10. The molecule has 0 aliphatic rings. The Morgan fingerprint density at radius 3 is 3.09 bits per heavy atom. The molecule has 0 saturated heterocycles. The van der Waals surface area contributed by atoms with Crippen LogP contribution in [0.25, 0.3) is 5.65 Å². The van der Waals surface area contributed by atoms with Gasteiger partial charge in [0.2, 0.25) is 0 Å². The van der Waals surface area contributed by atoms with E-state index >= 15 is 0 Å². The molecule has 0 aliphatic carbocycles. The third kappa shape index (κ3) is 2.86. The van der Waals surface area contributed by atoms with Gasteiger partial charge in [0, 0.05) is 25.6 Å². The summed E-state index contributed by atoms with van der Waals surface area (Å²) in [6, 6.07) is 5.67. The van der Waals surface area contributed by atoms with Crippen molar-refractivity contribution in [2.24, 2.45) is 0 Å². The van der Waals surface area contributed by atoms with Crippen LogP contribution < -0.4 is 0 Å². The lowest BCUT2D eigenvalue weighted by molar-refractivity contribution is 0.0783. The van der Waals surface area contributed by atoms with E-state index in [2.05, 4.69) is 22.1 Å². The molecule has 0 aliphatic heterocycles. The molecular weight excluding hydrogens is 278 g/mol. The van der Waals surface area contributed by atoms with Crippen molar-refractivity contribution in [2.45, 2.75) is 26.3 Å². The zero-order valence-electron chi connectivity index (χ0n) is 12.8. The fraction of sp³-hybridized carbons (Fsp3) is 0.312. The molecule has 114 valence electrons. The van der Waals surface area contributed by atoms with Crippen LogP contribution in [-0.4, -0.2) is 37.4 Å². The number of H-pyrrole nitrogens is 1. The average Bonchev–Trinajstić information content (AvgIpc) is 3.15. The topological polar surface area (TPSA) is 66.3 Å². The Hall–Kier alpha value is -2.63. The van der Waals surface area contributed by atoms with Crippen LogP contribution in [0.1, 0.15) is 35.1 Å². The van der Waals surface area contributed by atoms with Crippen molar-refractivity contribution in [1.82, 2.24) is 24.5 Å². The van der Waals surface area contributed by atoms with Gasteiger partial charge in [-0.25, -0.2) is 4.98 Å². The van der Waals surface area contributed by atoms with Crippen molar-refractivity contribution in [3.05, 3.63) is 53.7 Å². The van der Waals surface area contributed by atoms with E-state index in [1.165, 1.54) is 0 Å². The first-order valence-electron chi connectivity index (χ1n) is 7.38. The van der Waals surface area contributed by atoms with Crippen LogP contribution in [-0.2, 0) is 13.0 Å². The zero-order valence-corrected chi connectivity index (χ0v) is 12.8. The summed E-state index contributed by atoms with van der Waals surface area (Å²) < 4.78 is 1.84. The predicted octanol–water partition coefficient (Wildman–Crippen LogP) is 2.28. The Labute approximate surface area is 128 Å². The Morgan fingerprint density at radius 2 is 2.27 bits per heavy atom. The largest absolute Gasteiger partial charge is 0.336 e. The molecule has 6 heteroatoms. The Balaban J connectivity index is 1.72. The quantitative estimate of drug-likeness (QED) is 0.785. The van der Waals surface area contributed by atoms with Crippen LogP contribution in [0.2, 0.25) is 0 Å². The predicted molar refractivity (Wildman–Crippen MR) is 83.6 cm³/mol. The third-order valence-electron chi connectivity index (χ3n) is 3.58. The van der Waals surface area contributed by atoms with Gasteiger partial charge in [0.25, 0.3) is 5.91 Å². The first-order chi connectivity index (χ1) is 10.7. The van der Waals surface area contributed by atoms with Gasteiger partial charge in [-0.15, -0.1) is 0 Å². The number of fused-ring (bicyclic) bond motifs is 1. The summed E-state index contributed by atoms with van der Waals surface area (Å²) in [4.78, 5) is 18.4. The van der Waals surface area contributed by atoms with E-state index in [4.69, 9.17) is 0 Å². The number of amides is 1. The molecule has 3 heterocycles. The number of aryl methyl sites for hydroxylation is 1. The molecule has 0 unspecified atom stereocenters. The molecule has 22 heavy (non-hydrogen) atoms. The van der Waals surface area contributed by atoms with E-state index < -0.39 is 0 Å². The van der Waals surface area contributed by atoms with Crippen LogP contribution in [0, 0.1) is 0 Å². The van der Waals surface area contributed by atoms with Gasteiger partial charge in [0.05, 0.1) is 23.5 Å². The minimum absolute atomic E-state index is 0.0257. The van der Waals surface area contributed by atoms with E-state index in [0.717, 1.165) is 29.9 Å².